The fraction of sp³-hybridized carbons (Fsp3) is 0.500. The molecule has 14 heavy (non-hydrogen) atoms. The van der Waals surface area contributed by atoms with Crippen LogP contribution in [0.4, 0.5) is 0 Å². The lowest BCUT2D eigenvalue weighted by Gasteiger charge is -2.14. The number of hydrogen-bond acceptors (Lipinski definition) is 2. The monoisotopic (exact) mass is 194 g/mol. The van der Waals surface area contributed by atoms with E-state index in [4.69, 9.17) is 5.11 Å². The first-order valence-electron chi connectivity index (χ1n) is 5.06. The molecule has 0 amide bonds. The van der Waals surface area contributed by atoms with Crippen molar-refractivity contribution < 1.29 is 10.2 Å². The van der Waals surface area contributed by atoms with Crippen LogP contribution in [0, 0.1) is 6.92 Å². The molecule has 0 aliphatic rings. The van der Waals surface area contributed by atoms with Crippen LogP contribution in [0.3, 0.4) is 0 Å². The van der Waals surface area contributed by atoms with Crippen molar-refractivity contribution in [3.63, 3.8) is 0 Å². The van der Waals surface area contributed by atoms with Crippen molar-refractivity contribution >= 4 is 0 Å². The molecule has 2 heteroatoms. The Hall–Kier alpha value is -0.860. The average molecular weight is 194 g/mol. The predicted molar refractivity (Wildman–Crippen MR) is 57.3 cm³/mol. The molecule has 1 aromatic rings. The van der Waals surface area contributed by atoms with Gasteiger partial charge >= 0.3 is 0 Å². The first kappa shape index (κ1) is 11.2. The van der Waals surface area contributed by atoms with Gasteiger partial charge in [-0.3, -0.25) is 0 Å². The molecule has 0 saturated carbocycles. The van der Waals surface area contributed by atoms with E-state index >= 15 is 0 Å². The topological polar surface area (TPSA) is 40.5 Å². The highest BCUT2D eigenvalue weighted by Crippen LogP contribution is 2.21. The van der Waals surface area contributed by atoms with Gasteiger partial charge in [0.2, 0.25) is 0 Å². The zero-order valence-corrected chi connectivity index (χ0v) is 8.61. The SMILES string of the molecule is Cc1cccc([C@H](CO)CCCO)c1. The molecule has 0 aromatic heterocycles. The number of aryl methyl sites for hydroxylation is 1. The quantitative estimate of drug-likeness (QED) is 0.751. The standard InChI is InChI=1S/C12H18O2/c1-10-4-2-5-11(8-10)12(9-14)6-3-7-13/h2,4-5,8,12-14H,3,6-7,9H2,1H3/t12-/m0/s1. The fourth-order valence-corrected chi connectivity index (χ4v) is 1.63. The van der Waals surface area contributed by atoms with E-state index in [1.54, 1.807) is 0 Å². The molecule has 0 radical (unpaired) electrons. The molecule has 1 aromatic carbocycles. The molecule has 0 aliphatic carbocycles. The van der Waals surface area contributed by atoms with Crippen LogP contribution >= 0.6 is 0 Å². The highest BCUT2D eigenvalue weighted by molar-refractivity contribution is 5.25. The maximum atomic E-state index is 9.22. The molecule has 0 heterocycles. The van der Waals surface area contributed by atoms with Crippen molar-refractivity contribution in [1.82, 2.24) is 0 Å². The summed E-state index contributed by atoms with van der Waals surface area (Å²) in [4.78, 5) is 0. The molecule has 1 atom stereocenters. The summed E-state index contributed by atoms with van der Waals surface area (Å²) < 4.78 is 0. The third-order valence-corrected chi connectivity index (χ3v) is 2.44. The van der Waals surface area contributed by atoms with Crippen LogP contribution in [0.15, 0.2) is 24.3 Å². The van der Waals surface area contributed by atoms with E-state index in [2.05, 4.69) is 6.07 Å². The van der Waals surface area contributed by atoms with Crippen molar-refractivity contribution in [2.75, 3.05) is 13.2 Å². The summed E-state index contributed by atoms with van der Waals surface area (Å²) in [6, 6.07) is 8.18. The van der Waals surface area contributed by atoms with Crippen LogP contribution in [0.5, 0.6) is 0 Å². The maximum absolute atomic E-state index is 9.22. The first-order valence-corrected chi connectivity index (χ1v) is 5.06. The van der Waals surface area contributed by atoms with Crippen LogP contribution in [0.1, 0.15) is 29.9 Å². The summed E-state index contributed by atoms with van der Waals surface area (Å²) >= 11 is 0. The summed E-state index contributed by atoms with van der Waals surface area (Å²) in [7, 11) is 0. The minimum absolute atomic E-state index is 0.156. The zero-order valence-electron chi connectivity index (χ0n) is 8.61. The Morgan fingerprint density at radius 3 is 2.64 bits per heavy atom. The summed E-state index contributed by atoms with van der Waals surface area (Å²) in [6.45, 7) is 2.40. The lowest BCUT2D eigenvalue weighted by Crippen LogP contribution is -2.05. The molecule has 0 bridgehead atoms. The smallest absolute Gasteiger partial charge is 0.0499 e. The second-order valence-corrected chi connectivity index (χ2v) is 3.66. The summed E-state index contributed by atoms with van der Waals surface area (Å²) in [5, 5.41) is 17.9. The second kappa shape index (κ2) is 5.78. The molecule has 0 spiro atoms. The Balaban J connectivity index is 2.68. The van der Waals surface area contributed by atoms with Crippen LogP contribution in [-0.4, -0.2) is 23.4 Å². The third-order valence-electron chi connectivity index (χ3n) is 2.44. The number of hydrogen-bond donors (Lipinski definition) is 2. The van der Waals surface area contributed by atoms with Gasteiger partial charge in [-0.2, -0.15) is 0 Å². The third kappa shape index (κ3) is 3.13. The second-order valence-electron chi connectivity index (χ2n) is 3.66. The van der Waals surface area contributed by atoms with Crippen molar-refractivity contribution in [3.8, 4) is 0 Å². The molecular weight excluding hydrogens is 176 g/mol. The number of aliphatic hydroxyl groups excluding tert-OH is 2. The van der Waals surface area contributed by atoms with E-state index in [0.717, 1.165) is 12.8 Å². The van der Waals surface area contributed by atoms with Gasteiger partial charge in [0.05, 0.1) is 0 Å². The lowest BCUT2D eigenvalue weighted by atomic mass is 9.94. The van der Waals surface area contributed by atoms with E-state index in [1.165, 1.54) is 11.1 Å². The highest BCUT2D eigenvalue weighted by Gasteiger charge is 2.09. The Morgan fingerprint density at radius 1 is 1.29 bits per heavy atom. The van der Waals surface area contributed by atoms with Crippen molar-refractivity contribution in [3.05, 3.63) is 35.4 Å². The normalized spacial score (nSPS) is 12.8. The Kier molecular flexibility index (Phi) is 4.63. The lowest BCUT2D eigenvalue weighted by molar-refractivity contribution is 0.237. The van der Waals surface area contributed by atoms with Crippen LogP contribution in [0.2, 0.25) is 0 Å². The summed E-state index contributed by atoms with van der Waals surface area (Å²) in [5.74, 6) is 0.169. The Labute approximate surface area is 85.2 Å². The van der Waals surface area contributed by atoms with Crippen molar-refractivity contribution in [2.45, 2.75) is 25.7 Å². The van der Waals surface area contributed by atoms with E-state index in [1.807, 2.05) is 25.1 Å². The largest absolute Gasteiger partial charge is 0.396 e. The van der Waals surface area contributed by atoms with E-state index in [0.29, 0.717) is 0 Å². The fourth-order valence-electron chi connectivity index (χ4n) is 1.63. The molecule has 1 rings (SSSR count). The van der Waals surface area contributed by atoms with Gasteiger partial charge in [0.25, 0.3) is 0 Å². The van der Waals surface area contributed by atoms with Crippen LogP contribution < -0.4 is 0 Å². The van der Waals surface area contributed by atoms with Gasteiger partial charge in [-0.1, -0.05) is 29.8 Å². The Bertz CT molecular complexity index is 271. The van der Waals surface area contributed by atoms with Crippen LogP contribution in [0.25, 0.3) is 0 Å². The van der Waals surface area contributed by atoms with Gasteiger partial charge in [-0.05, 0) is 25.3 Å². The van der Waals surface area contributed by atoms with Gasteiger partial charge in [0, 0.05) is 19.1 Å². The molecule has 2 nitrogen and oxygen atoms in total. The van der Waals surface area contributed by atoms with Crippen LogP contribution in [-0.2, 0) is 0 Å². The minimum atomic E-state index is 0.156. The van der Waals surface area contributed by atoms with Gasteiger partial charge in [0.1, 0.15) is 0 Å². The zero-order chi connectivity index (χ0) is 10.4. The molecule has 78 valence electrons. The number of rotatable bonds is 5. The molecule has 0 aliphatic heterocycles. The van der Waals surface area contributed by atoms with Gasteiger partial charge in [-0.15, -0.1) is 0 Å². The number of benzene rings is 1. The average Bonchev–Trinajstić information content (AvgIpc) is 2.19. The van der Waals surface area contributed by atoms with E-state index in [9.17, 15) is 5.11 Å². The number of aliphatic hydroxyl groups is 2. The summed E-state index contributed by atoms with van der Waals surface area (Å²) in [5.41, 5.74) is 2.38. The van der Waals surface area contributed by atoms with Gasteiger partial charge < -0.3 is 10.2 Å². The van der Waals surface area contributed by atoms with E-state index < -0.39 is 0 Å². The summed E-state index contributed by atoms with van der Waals surface area (Å²) in [6.07, 6.45) is 1.59. The first-order chi connectivity index (χ1) is 6.77. The Morgan fingerprint density at radius 2 is 2.07 bits per heavy atom. The predicted octanol–water partition coefficient (Wildman–Crippen LogP) is 1.84. The molecule has 0 fully saturated rings. The molecule has 0 saturated heterocycles. The van der Waals surface area contributed by atoms with Gasteiger partial charge in [0.15, 0.2) is 0 Å². The molecule has 0 unspecified atom stereocenters. The van der Waals surface area contributed by atoms with E-state index in [-0.39, 0.29) is 19.1 Å². The molecule has 2 N–H and O–H groups in total. The highest BCUT2D eigenvalue weighted by atomic mass is 16.3. The maximum Gasteiger partial charge on any atom is 0.0499 e. The molecular formula is C12H18O2. The van der Waals surface area contributed by atoms with Gasteiger partial charge in [-0.25, -0.2) is 0 Å². The minimum Gasteiger partial charge on any atom is -0.396 e. The van der Waals surface area contributed by atoms with Crippen molar-refractivity contribution in [2.24, 2.45) is 0 Å². The van der Waals surface area contributed by atoms with Crippen molar-refractivity contribution in [1.29, 1.82) is 0 Å².